The molecule has 20 heavy (non-hydrogen) atoms. The molecule has 6 heteroatoms. The average Bonchev–Trinajstić information content (AvgIpc) is 2.35. The second-order valence-electron chi connectivity index (χ2n) is 4.56. The van der Waals surface area contributed by atoms with E-state index in [2.05, 4.69) is 15.9 Å². The third kappa shape index (κ3) is 4.23. The van der Waals surface area contributed by atoms with Gasteiger partial charge in [-0.25, -0.2) is 0 Å². The molecule has 0 spiro atoms. The van der Waals surface area contributed by atoms with E-state index in [4.69, 9.17) is 10.5 Å². The maximum absolute atomic E-state index is 12.5. The summed E-state index contributed by atoms with van der Waals surface area (Å²) in [7, 11) is 0. The number of anilines is 1. The molecule has 2 N–H and O–H groups in total. The fourth-order valence-corrected chi connectivity index (χ4v) is 2.10. The Balaban J connectivity index is 2.96. The van der Waals surface area contributed by atoms with Crippen molar-refractivity contribution < 1.29 is 14.3 Å². The Hall–Kier alpha value is -1.56. The molecular weight excluding hydrogens is 324 g/mol. The third-order valence-corrected chi connectivity index (χ3v) is 3.23. The Labute approximate surface area is 127 Å². The molecule has 0 atom stereocenters. The Bertz CT molecular complexity index is 503. The highest BCUT2D eigenvalue weighted by Gasteiger charge is 2.23. The Morgan fingerprint density at radius 2 is 2.05 bits per heavy atom. The number of halogens is 1. The van der Waals surface area contributed by atoms with Crippen molar-refractivity contribution in [2.45, 2.75) is 26.8 Å². The first-order valence-corrected chi connectivity index (χ1v) is 7.17. The predicted octanol–water partition coefficient (Wildman–Crippen LogP) is 2.45. The highest BCUT2D eigenvalue weighted by atomic mass is 79.9. The van der Waals surface area contributed by atoms with Crippen molar-refractivity contribution in [1.29, 1.82) is 0 Å². The molecule has 0 fully saturated rings. The van der Waals surface area contributed by atoms with Crippen molar-refractivity contribution in [1.82, 2.24) is 4.90 Å². The first kappa shape index (κ1) is 16.5. The minimum Gasteiger partial charge on any atom is -0.465 e. The van der Waals surface area contributed by atoms with E-state index in [0.29, 0.717) is 17.9 Å². The number of rotatable bonds is 5. The highest BCUT2D eigenvalue weighted by molar-refractivity contribution is 9.10. The number of esters is 1. The van der Waals surface area contributed by atoms with E-state index in [1.165, 1.54) is 4.90 Å². The third-order valence-electron chi connectivity index (χ3n) is 2.73. The first-order valence-electron chi connectivity index (χ1n) is 6.38. The number of ether oxygens (including phenoxy) is 1. The fraction of sp³-hybridized carbons (Fsp3) is 0.429. The molecule has 0 unspecified atom stereocenters. The van der Waals surface area contributed by atoms with Gasteiger partial charge in [-0.3, -0.25) is 9.59 Å². The van der Waals surface area contributed by atoms with Crippen LogP contribution in [0, 0.1) is 0 Å². The lowest BCUT2D eigenvalue weighted by Gasteiger charge is -2.26. The van der Waals surface area contributed by atoms with Gasteiger partial charge >= 0.3 is 5.97 Å². The van der Waals surface area contributed by atoms with E-state index < -0.39 is 5.97 Å². The second kappa shape index (κ2) is 7.28. The van der Waals surface area contributed by atoms with Gasteiger partial charge in [0.1, 0.15) is 6.54 Å². The van der Waals surface area contributed by atoms with Crippen LogP contribution in [0.1, 0.15) is 31.1 Å². The van der Waals surface area contributed by atoms with Gasteiger partial charge in [0, 0.05) is 16.2 Å². The number of hydrogen-bond acceptors (Lipinski definition) is 4. The maximum atomic E-state index is 12.5. The number of amides is 1. The number of nitrogens with two attached hydrogens (primary N) is 1. The van der Waals surface area contributed by atoms with Gasteiger partial charge in [-0.1, -0.05) is 15.9 Å². The van der Waals surface area contributed by atoms with Gasteiger partial charge in [0.05, 0.1) is 12.2 Å². The van der Waals surface area contributed by atoms with Crippen LogP contribution in [0.5, 0.6) is 0 Å². The van der Waals surface area contributed by atoms with Crippen LogP contribution in [-0.2, 0) is 9.53 Å². The molecule has 110 valence electrons. The molecule has 0 aliphatic heterocycles. The van der Waals surface area contributed by atoms with Crippen molar-refractivity contribution in [2.24, 2.45) is 0 Å². The number of hydrogen-bond donors (Lipinski definition) is 1. The van der Waals surface area contributed by atoms with Crippen LogP contribution in [0.2, 0.25) is 0 Å². The zero-order chi connectivity index (χ0) is 15.3. The molecule has 0 saturated carbocycles. The van der Waals surface area contributed by atoms with E-state index in [9.17, 15) is 9.59 Å². The van der Waals surface area contributed by atoms with E-state index in [-0.39, 0.29) is 18.5 Å². The molecule has 5 nitrogen and oxygen atoms in total. The molecule has 1 rings (SSSR count). The molecule has 0 aliphatic carbocycles. The summed E-state index contributed by atoms with van der Waals surface area (Å²) in [6.45, 7) is 5.61. The summed E-state index contributed by atoms with van der Waals surface area (Å²) in [5.74, 6) is -0.705. The molecular formula is C14H19BrN2O3. The van der Waals surface area contributed by atoms with Gasteiger partial charge in [0.15, 0.2) is 0 Å². The van der Waals surface area contributed by atoms with Crippen molar-refractivity contribution in [3.63, 3.8) is 0 Å². The van der Waals surface area contributed by atoms with Crippen LogP contribution < -0.4 is 5.73 Å². The van der Waals surface area contributed by atoms with Crippen molar-refractivity contribution >= 4 is 33.5 Å². The lowest BCUT2D eigenvalue weighted by molar-refractivity contribution is -0.144. The van der Waals surface area contributed by atoms with Crippen molar-refractivity contribution in [2.75, 3.05) is 18.9 Å². The summed E-state index contributed by atoms with van der Waals surface area (Å²) in [6, 6.07) is 4.92. The molecule has 0 heterocycles. The fourth-order valence-electron chi connectivity index (χ4n) is 1.72. The quantitative estimate of drug-likeness (QED) is 0.658. The lowest BCUT2D eigenvalue weighted by atomic mass is 10.1. The second-order valence-corrected chi connectivity index (χ2v) is 5.48. The van der Waals surface area contributed by atoms with Gasteiger partial charge < -0.3 is 15.4 Å². The number of benzene rings is 1. The lowest BCUT2D eigenvalue weighted by Crippen LogP contribution is -2.41. The molecule has 0 bridgehead atoms. The number of nitrogen functional groups attached to an aromatic ring is 1. The van der Waals surface area contributed by atoms with E-state index in [1.54, 1.807) is 25.1 Å². The topological polar surface area (TPSA) is 72.6 Å². The summed E-state index contributed by atoms with van der Waals surface area (Å²) in [6.07, 6.45) is 0. The Morgan fingerprint density at radius 3 is 2.55 bits per heavy atom. The summed E-state index contributed by atoms with van der Waals surface area (Å²) in [5.41, 5.74) is 6.61. The highest BCUT2D eigenvalue weighted by Crippen LogP contribution is 2.20. The molecule has 0 aromatic heterocycles. The Kier molecular flexibility index (Phi) is 6.01. The Morgan fingerprint density at radius 1 is 1.40 bits per heavy atom. The number of carbonyl (C=O) groups excluding carboxylic acids is 2. The molecule has 1 aromatic carbocycles. The van der Waals surface area contributed by atoms with E-state index in [0.717, 1.165) is 4.47 Å². The van der Waals surface area contributed by atoms with Crippen molar-refractivity contribution in [3.05, 3.63) is 28.2 Å². The van der Waals surface area contributed by atoms with Crippen LogP contribution in [-0.4, -0.2) is 36.0 Å². The molecule has 0 saturated heterocycles. The molecule has 1 aromatic rings. The van der Waals surface area contributed by atoms with Crippen LogP contribution in [0.4, 0.5) is 5.69 Å². The van der Waals surface area contributed by atoms with Gasteiger partial charge in [0.25, 0.3) is 5.91 Å². The van der Waals surface area contributed by atoms with E-state index >= 15 is 0 Å². The molecule has 1 amide bonds. The number of nitrogens with zero attached hydrogens (tertiary/aromatic N) is 1. The van der Waals surface area contributed by atoms with Gasteiger partial charge in [-0.2, -0.15) is 0 Å². The zero-order valence-electron chi connectivity index (χ0n) is 11.9. The van der Waals surface area contributed by atoms with Gasteiger partial charge in [0.2, 0.25) is 0 Å². The standard InChI is InChI=1S/C14H19BrN2O3/c1-4-20-13(18)8-17(9(2)3)14(19)11-6-5-10(15)7-12(11)16/h5-7,9H,4,8,16H2,1-3H3. The number of carbonyl (C=O) groups is 2. The minimum absolute atomic E-state index is 0.0835. The van der Waals surface area contributed by atoms with Crippen LogP contribution in [0.3, 0.4) is 0 Å². The minimum atomic E-state index is -0.426. The summed E-state index contributed by atoms with van der Waals surface area (Å²) >= 11 is 3.29. The average molecular weight is 343 g/mol. The van der Waals surface area contributed by atoms with Crippen LogP contribution >= 0.6 is 15.9 Å². The van der Waals surface area contributed by atoms with E-state index in [1.807, 2.05) is 13.8 Å². The monoisotopic (exact) mass is 342 g/mol. The predicted molar refractivity (Wildman–Crippen MR) is 81.4 cm³/mol. The largest absolute Gasteiger partial charge is 0.465 e. The first-order chi connectivity index (χ1) is 9.36. The zero-order valence-corrected chi connectivity index (χ0v) is 13.4. The summed E-state index contributed by atoms with van der Waals surface area (Å²) in [4.78, 5) is 25.5. The van der Waals surface area contributed by atoms with Gasteiger partial charge in [-0.15, -0.1) is 0 Å². The van der Waals surface area contributed by atoms with Gasteiger partial charge in [-0.05, 0) is 39.0 Å². The molecule has 0 radical (unpaired) electrons. The summed E-state index contributed by atoms with van der Waals surface area (Å²) < 4.78 is 5.69. The normalized spacial score (nSPS) is 10.4. The van der Waals surface area contributed by atoms with Crippen LogP contribution in [0.25, 0.3) is 0 Å². The van der Waals surface area contributed by atoms with Crippen LogP contribution in [0.15, 0.2) is 22.7 Å². The maximum Gasteiger partial charge on any atom is 0.325 e. The summed E-state index contributed by atoms with van der Waals surface area (Å²) in [5, 5.41) is 0. The smallest absolute Gasteiger partial charge is 0.325 e. The SMILES string of the molecule is CCOC(=O)CN(C(=O)c1ccc(Br)cc1N)C(C)C. The molecule has 0 aliphatic rings. The van der Waals surface area contributed by atoms with Crippen molar-refractivity contribution in [3.8, 4) is 0 Å².